The zero-order valence-corrected chi connectivity index (χ0v) is 29.8. The number of anilines is 2. The molecule has 3 heterocycles. The van der Waals surface area contributed by atoms with Crippen molar-refractivity contribution in [3.05, 3.63) is 120 Å². The minimum absolute atomic E-state index is 0. The van der Waals surface area contributed by atoms with Gasteiger partial charge in [-0.2, -0.15) is 12.1 Å². The molecule has 0 radical (unpaired) electrons. The summed E-state index contributed by atoms with van der Waals surface area (Å²) in [5.74, 6) is 3.87. The summed E-state index contributed by atoms with van der Waals surface area (Å²) in [6.07, 6.45) is 1.84. The molecule has 8 heteroatoms. The number of aromatic nitrogens is 4. The summed E-state index contributed by atoms with van der Waals surface area (Å²) in [5, 5.41) is 7.35. The summed E-state index contributed by atoms with van der Waals surface area (Å²) >= 11 is 0. The van der Waals surface area contributed by atoms with E-state index < -0.39 is 0 Å². The molecule has 0 amide bonds. The van der Waals surface area contributed by atoms with E-state index in [0.29, 0.717) is 11.5 Å². The number of benzene rings is 4. The molecule has 0 aliphatic carbocycles. The first kappa shape index (κ1) is 32.1. The molecule has 238 valence electrons. The smallest absolute Gasteiger partial charge is 0.509 e. The standard InChI is InChI=1S/C39H36N6O.Pt/c1-25-20-21-40-35(22-25)44-33-17-9-8-16-31(33)32-19-18-30(24-34(32)44)46-29-15-11-14-28(23-29)45-39(43(6)7)37(38(41-45)42(4)5)36-26(2)12-10-13-27(36)3;/h8-22H,1-7H3;/q-2;+2. The summed E-state index contributed by atoms with van der Waals surface area (Å²) in [6.45, 7) is 6.38. The number of pyridine rings is 1. The maximum absolute atomic E-state index is 6.46. The molecule has 0 saturated carbocycles. The zero-order valence-electron chi connectivity index (χ0n) is 27.6. The molecule has 0 aliphatic rings. The van der Waals surface area contributed by atoms with E-state index in [2.05, 4.69) is 116 Å². The molecule has 7 aromatic rings. The Morgan fingerprint density at radius 3 is 2.15 bits per heavy atom. The number of hydrogen-bond acceptors (Lipinski definition) is 5. The number of hydrogen-bond donors (Lipinski definition) is 0. The van der Waals surface area contributed by atoms with E-state index in [-0.39, 0.29) is 21.1 Å². The quantitative estimate of drug-likeness (QED) is 0.152. The topological polar surface area (TPSA) is 51.4 Å². The van der Waals surface area contributed by atoms with Crippen LogP contribution in [0.3, 0.4) is 0 Å². The third-order valence-corrected chi connectivity index (χ3v) is 8.31. The van der Waals surface area contributed by atoms with Gasteiger partial charge in [-0.1, -0.05) is 41.9 Å². The average Bonchev–Trinajstić information content (AvgIpc) is 3.58. The number of para-hydroxylation sites is 1. The SMILES string of the molecule is Cc1ccnc(-n2c3[c-]c(Oc4[c-]c(-n5nc(N(C)C)c(-c6c(C)cccc6C)c5N(C)C)ccc4)ccc3c3ccccc32)c1.[Pt+2]. The first-order valence-corrected chi connectivity index (χ1v) is 15.3. The molecule has 7 nitrogen and oxygen atoms in total. The van der Waals surface area contributed by atoms with Crippen molar-refractivity contribution in [3.63, 3.8) is 0 Å². The van der Waals surface area contributed by atoms with Crippen LogP contribution in [0.1, 0.15) is 16.7 Å². The van der Waals surface area contributed by atoms with E-state index in [1.54, 1.807) is 0 Å². The second-order valence-corrected chi connectivity index (χ2v) is 12.1. The van der Waals surface area contributed by atoms with Crippen molar-refractivity contribution in [3.8, 4) is 34.1 Å². The second-order valence-electron chi connectivity index (χ2n) is 12.1. The van der Waals surface area contributed by atoms with E-state index in [9.17, 15) is 0 Å². The van der Waals surface area contributed by atoms with Crippen LogP contribution in [0.25, 0.3) is 44.4 Å². The van der Waals surface area contributed by atoms with Crippen molar-refractivity contribution in [2.45, 2.75) is 20.8 Å². The summed E-state index contributed by atoms with van der Waals surface area (Å²) in [4.78, 5) is 8.88. The number of rotatable bonds is 7. The van der Waals surface area contributed by atoms with Crippen LogP contribution in [0.4, 0.5) is 11.6 Å². The number of fused-ring (bicyclic) bond motifs is 3. The van der Waals surface area contributed by atoms with Crippen molar-refractivity contribution in [2.75, 3.05) is 38.0 Å². The van der Waals surface area contributed by atoms with Crippen LogP contribution < -0.4 is 14.5 Å². The molecule has 0 N–H and O–H groups in total. The minimum atomic E-state index is 0. The maximum atomic E-state index is 6.46. The van der Waals surface area contributed by atoms with Gasteiger partial charge in [-0.05, 0) is 72.3 Å². The Morgan fingerprint density at radius 1 is 0.702 bits per heavy atom. The molecule has 0 bridgehead atoms. The molecular formula is C39H36N6OPt. The molecule has 0 unspecified atom stereocenters. The second kappa shape index (κ2) is 12.7. The zero-order chi connectivity index (χ0) is 32.1. The molecule has 0 fully saturated rings. The Bertz CT molecular complexity index is 2230. The van der Waals surface area contributed by atoms with Crippen molar-refractivity contribution in [1.29, 1.82) is 0 Å². The molecule has 7 rings (SSSR count). The third kappa shape index (κ3) is 5.70. The first-order valence-electron chi connectivity index (χ1n) is 15.3. The Kier molecular flexibility index (Phi) is 8.69. The van der Waals surface area contributed by atoms with E-state index in [4.69, 9.17) is 14.8 Å². The van der Waals surface area contributed by atoms with Crippen LogP contribution in [0.5, 0.6) is 11.5 Å². The summed E-state index contributed by atoms with van der Waals surface area (Å²) in [5.41, 5.74) is 8.58. The Labute approximate surface area is 290 Å². The van der Waals surface area contributed by atoms with Gasteiger partial charge in [0.2, 0.25) is 0 Å². The van der Waals surface area contributed by atoms with Gasteiger partial charge in [0.25, 0.3) is 0 Å². The van der Waals surface area contributed by atoms with E-state index in [1.807, 2.05) is 55.3 Å². The van der Waals surface area contributed by atoms with Crippen LogP contribution in [0.15, 0.2) is 91.1 Å². The fourth-order valence-corrected chi connectivity index (χ4v) is 6.28. The molecule has 0 atom stereocenters. The van der Waals surface area contributed by atoms with Crippen LogP contribution in [0.2, 0.25) is 0 Å². The summed E-state index contributed by atoms with van der Waals surface area (Å²) < 4.78 is 10.6. The molecule has 4 aromatic carbocycles. The van der Waals surface area contributed by atoms with Gasteiger partial charge >= 0.3 is 21.1 Å². The van der Waals surface area contributed by atoms with Crippen LogP contribution in [-0.2, 0) is 21.1 Å². The first-order chi connectivity index (χ1) is 22.2. The van der Waals surface area contributed by atoms with Crippen molar-refractivity contribution >= 4 is 33.4 Å². The maximum Gasteiger partial charge on any atom is 2.00 e. The molecule has 0 spiro atoms. The number of ether oxygens (including phenoxy) is 1. The van der Waals surface area contributed by atoms with Gasteiger partial charge < -0.3 is 19.1 Å². The minimum Gasteiger partial charge on any atom is -0.509 e. The molecule has 3 aromatic heterocycles. The predicted octanol–water partition coefficient (Wildman–Crippen LogP) is 8.48. The van der Waals surface area contributed by atoms with Crippen molar-refractivity contribution in [1.82, 2.24) is 19.3 Å². The fourth-order valence-electron chi connectivity index (χ4n) is 6.28. The van der Waals surface area contributed by atoms with E-state index >= 15 is 0 Å². The third-order valence-electron chi connectivity index (χ3n) is 8.31. The monoisotopic (exact) mass is 799 g/mol. The molecule has 47 heavy (non-hydrogen) atoms. The largest absolute Gasteiger partial charge is 2.00 e. The Hall–Kier alpha value is -4.87. The van der Waals surface area contributed by atoms with Gasteiger partial charge in [-0.25, -0.2) is 9.67 Å². The Balaban J connectivity index is 0.00000386. The van der Waals surface area contributed by atoms with Crippen LogP contribution in [0, 0.1) is 32.9 Å². The Morgan fingerprint density at radius 2 is 1.43 bits per heavy atom. The van der Waals surface area contributed by atoms with Gasteiger partial charge in [-0.15, -0.1) is 40.8 Å². The van der Waals surface area contributed by atoms with Gasteiger partial charge in [0.15, 0.2) is 5.82 Å². The fraction of sp³-hybridized carbons (Fsp3) is 0.179. The summed E-state index contributed by atoms with van der Waals surface area (Å²) in [7, 11) is 8.17. The molecule has 0 aliphatic heterocycles. The van der Waals surface area contributed by atoms with Crippen molar-refractivity contribution in [2.24, 2.45) is 0 Å². The average molecular weight is 800 g/mol. The summed E-state index contributed by atoms with van der Waals surface area (Å²) in [6, 6.07) is 35.9. The van der Waals surface area contributed by atoms with Gasteiger partial charge in [-0.3, -0.25) is 0 Å². The number of nitrogens with zero attached hydrogens (tertiary/aromatic N) is 6. The van der Waals surface area contributed by atoms with Gasteiger partial charge in [0, 0.05) is 51.4 Å². The van der Waals surface area contributed by atoms with Gasteiger partial charge in [0.05, 0.1) is 5.56 Å². The number of aryl methyl sites for hydroxylation is 3. The van der Waals surface area contributed by atoms with Crippen LogP contribution in [-0.4, -0.2) is 47.5 Å². The normalized spacial score (nSPS) is 11.1. The predicted molar refractivity (Wildman–Crippen MR) is 188 cm³/mol. The van der Waals surface area contributed by atoms with Crippen molar-refractivity contribution < 1.29 is 25.8 Å². The van der Waals surface area contributed by atoms with E-state index in [0.717, 1.165) is 56.1 Å². The van der Waals surface area contributed by atoms with E-state index in [1.165, 1.54) is 16.7 Å². The van der Waals surface area contributed by atoms with Crippen LogP contribution >= 0.6 is 0 Å². The molecule has 0 saturated heterocycles. The van der Waals surface area contributed by atoms with Gasteiger partial charge in [0.1, 0.15) is 11.6 Å². The molecular weight excluding hydrogens is 764 g/mol.